The Kier molecular flexibility index (Phi) is 8.27. The Morgan fingerprint density at radius 2 is 1.64 bits per heavy atom. The van der Waals surface area contributed by atoms with Crippen LogP contribution in [0.4, 0.5) is 8.78 Å². The van der Waals surface area contributed by atoms with Gasteiger partial charge in [0.15, 0.2) is 17.3 Å². The Bertz CT molecular complexity index is 1130. The number of benzene rings is 3. The van der Waals surface area contributed by atoms with Crippen molar-refractivity contribution < 1.29 is 32.5 Å². The second-order valence-corrected chi connectivity index (χ2v) is 7.19. The summed E-state index contributed by atoms with van der Waals surface area (Å²) in [5.74, 6) is 0.874. The predicted octanol–water partition coefficient (Wildman–Crippen LogP) is 6.43. The van der Waals surface area contributed by atoms with E-state index in [-0.39, 0.29) is 29.5 Å². The zero-order chi connectivity index (χ0) is 23.8. The van der Waals surface area contributed by atoms with Crippen LogP contribution in [0.1, 0.15) is 21.5 Å². The van der Waals surface area contributed by atoms with E-state index in [9.17, 15) is 13.6 Å². The van der Waals surface area contributed by atoms with E-state index < -0.39 is 6.61 Å². The number of carbonyl (C=O) groups is 1. The van der Waals surface area contributed by atoms with Crippen LogP contribution in [0.15, 0.2) is 66.7 Å². The molecule has 5 nitrogen and oxygen atoms in total. The van der Waals surface area contributed by atoms with Crippen LogP contribution in [0.25, 0.3) is 6.08 Å². The topological polar surface area (TPSA) is 54.0 Å². The van der Waals surface area contributed by atoms with E-state index in [1.807, 2.05) is 6.07 Å². The molecule has 0 bridgehead atoms. The molecule has 0 atom stereocenters. The Morgan fingerprint density at radius 3 is 2.30 bits per heavy atom. The molecule has 3 aromatic carbocycles. The maximum absolute atomic E-state index is 12.6. The van der Waals surface area contributed by atoms with Crippen molar-refractivity contribution >= 4 is 23.5 Å². The lowest BCUT2D eigenvalue weighted by Crippen LogP contribution is -2.04. The number of ether oxygens (including phenoxy) is 4. The highest BCUT2D eigenvalue weighted by Gasteiger charge is 2.13. The normalized spacial score (nSPS) is 11.0. The summed E-state index contributed by atoms with van der Waals surface area (Å²) in [6.07, 6.45) is 3.03. The van der Waals surface area contributed by atoms with Crippen molar-refractivity contribution in [1.29, 1.82) is 0 Å². The average molecular weight is 475 g/mol. The van der Waals surface area contributed by atoms with Crippen molar-refractivity contribution in [2.24, 2.45) is 0 Å². The number of halogens is 3. The standard InChI is InChI=1S/C25H21ClF2O5/c1-30-22-11-4-16(13-18(22)15-32-20-8-6-19(26)7-9-20)3-10-21(29)17-5-12-23(33-25(27)28)24(14-17)31-2/h3-14,25H,15H2,1-2H3/b10-3+. The van der Waals surface area contributed by atoms with Crippen LogP contribution in [0.2, 0.25) is 5.02 Å². The third-order valence-corrected chi connectivity index (χ3v) is 4.86. The molecule has 0 spiro atoms. The Balaban J connectivity index is 1.74. The second kappa shape index (κ2) is 11.3. The first-order valence-corrected chi connectivity index (χ1v) is 10.2. The van der Waals surface area contributed by atoms with Crippen LogP contribution in [0, 0.1) is 0 Å². The van der Waals surface area contributed by atoms with Crippen LogP contribution in [-0.4, -0.2) is 26.6 Å². The SMILES string of the molecule is COc1ccc(/C=C/C(=O)c2ccc(OC(F)F)c(OC)c2)cc1COc1ccc(Cl)cc1. The fraction of sp³-hybridized carbons (Fsp3) is 0.160. The summed E-state index contributed by atoms with van der Waals surface area (Å²) >= 11 is 5.89. The molecule has 0 amide bonds. The minimum atomic E-state index is -2.99. The van der Waals surface area contributed by atoms with Gasteiger partial charge in [-0.05, 0) is 66.2 Å². The fourth-order valence-corrected chi connectivity index (χ4v) is 3.12. The van der Waals surface area contributed by atoms with Crippen LogP contribution in [0.3, 0.4) is 0 Å². The zero-order valence-electron chi connectivity index (χ0n) is 17.9. The van der Waals surface area contributed by atoms with Crippen molar-refractivity contribution in [3.05, 3.63) is 88.5 Å². The van der Waals surface area contributed by atoms with Crippen LogP contribution < -0.4 is 18.9 Å². The summed E-state index contributed by atoms with van der Waals surface area (Å²) in [7, 11) is 2.87. The van der Waals surface area contributed by atoms with Gasteiger partial charge in [0.2, 0.25) is 0 Å². The van der Waals surface area contributed by atoms with Gasteiger partial charge in [-0.15, -0.1) is 0 Å². The van der Waals surface area contributed by atoms with Gasteiger partial charge in [0.1, 0.15) is 18.1 Å². The quantitative estimate of drug-likeness (QED) is 0.250. The van der Waals surface area contributed by atoms with Gasteiger partial charge in [-0.3, -0.25) is 4.79 Å². The first-order valence-electron chi connectivity index (χ1n) is 9.80. The molecular formula is C25H21ClF2O5. The van der Waals surface area contributed by atoms with Crippen molar-refractivity contribution in [2.45, 2.75) is 13.2 Å². The van der Waals surface area contributed by atoms with Crippen LogP contribution >= 0.6 is 11.6 Å². The number of hydrogen-bond donors (Lipinski definition) is 0. The van der Waals surface area contributed by atoms with Gasteiger partial charge in [-0.1, -0.05) is 23.7 Å². The molecule has 33 heavy (non-hydrogen) atoms. The molecule has 0 aliphatic rings. The number of alkyl halides is 2. The lowest BCUT2D eigenvalue weighted by atomic mass is 10.1. The van der Waals surface area contributed by atoms with E-state index in [2.05, 4.69) is 4.74 Å². The molecule has 3 rings (SSSR count). The fourth-order valence-electron chi connectivity index (χ4n) is 2.99. The molecule has 0 aliphatic heterocycles. The minimum Gasteiger partial charge on any atom is -0.496 e. The third kappa shape index (κ3) is 6.70. The number of allylic oxidation sites excluding steroid dienone is 1. The van der Waals surface area contributed by atoms with E-state index in [4.69, 9.17) is 25.8 Å². The van der Waals surface area contributed by atoms with Gasteiger partial charge in [-0.2, -0.15) is 8.78 Å². The van der Waals surface area contributed by atoms with E-state index in [0.717, 1.165) is 11.1 Å². The van der Waals surface area contributed by atoms with Gasteiger partial charge in [-0.25, -0.2) is 0 Å². The molecular weight excluding hydrogens is 454 g/mol. The highest BCUT2D eigenvalue weighted by molar-refractivity contribution is 6.30. The lowest BCUT2D eigenvalue weighted by molar-refractivity contribution is -0.0512. The second-order valence-electron chi connectivity index (χ2n) is 6.76. The summed E-state index contributed by atoms with van der Waals surface area (Å²) < 4.78 is 45.6. The van der Waals surface area contributed by atoms with Crippen molar-refractivity contribution in [2.75, 3.05) is 14.2 Å². The van der Waals surface area contributed by atoms with Gasteiger partial charge in [0.25, 0.3) is 0 Å². The summed E-state index contributed by atoms with van der Waals surface area (Å²) in [6.45, 7) is -2.74. The third-order valence-electron chi connectivity index (χ3n) is 4.60. The molecule has 3 aromatic rings. The van der Waals surface area contributed by atoms with Gasteiger partial charge < -0.3 is 18.9 Å². The molecule has 0 N–H and O–H groups in total. The van der Waals surface area contributed by atoms with Gasteiger partial charge in [0.05, 0.1) is 14.2 Å². The molecule has 0 radical (unpaired) electrons. The number of rotatable bonds is 10. The summed E-state index contributed by atoms with van der Waals surface area (Å²) in [6, 6.07) is 16.4. The van der Waals surface area contributed by atoms with E-state index in [1.54, 1.807) is 49.6 Å². The van der Waals surface area contributed by atoms with Gasteiger partial charge in [0, 0.05) is 16.1 Å². The van der Waals surface area contributed by atoms with Crippen molar-refractivity contribution in [3.63, 3.8) is 0 Å². The lowest BCUT2D eigenvalue weighted by Gasteiger charge is -2.11. The maximum Gasteiger partial charge on any atom is 0.387 e. The largest absolute Gasteiger partial charge is 0.496 e. The molecule has 0 saturated heterocycles. The molecule has 0 aromatic heterocycles. The first-order chi connectivity index (χ1) is 15.9. The monoisotopic (exact) mass is 474 g/mol. The number of ketones is 1. The first kappa shape index (κ1) is 24.1. The molecule has 0 saturated carbocycles. The molecule has 0 heterocycles. The molecule has 0 aliphatic carbocycles. The maximum atomic E-state index is 12.6. The molecule has 172 valence electrons. The molecule has 0 fully saturated rings. The van der Waals surface area contributed by atoms with Crippen LogP contribution in [0.5, 0.6) is 23.0 Å². The average Bonchev–Trinajstić information content (AvgIpc) is 2.82. The van der Waals surface area contributed by atoms with E-state index in [1.165, 1.54) is 31.4 Å². The highest BCUT2D eigenvalue weighted by Crippen LogP contribution is 2.30. The van der Waals surface area contributed by atoms with Crippen LogP contribution in [-0.2, 0) is 6.61 Å². The van der Waals surface area contributed by atoms with E-state index in [0.29, 0.717) is 16.5 Å². The smallest absolute Gasteiger partial charge is 0.387 e. The zero-order valence-corrected chi connectivity index (χ0v) is 18.6. The number of hydrogen-bond acceptors (Lipinski definition) is 5. The Labute approximate surface area is 195 Å². The van der Waals surface area contributed by atoms with Gasteiger partial charge >= 0.3 is 6.61 Å². The van der Waals surface area contributed by atoms with Crippen molar-refractivity contribution in [3.8, 4) is 23.0 Å². The molecule has 0 unspecified atom stereocenters. The Morgan fingerprint density at radius 1 is 0.939 bits per heavy atom. The summed E-state index contributed by atoms with van der Waals surface area (Å²) in [5, 5.41) is 0.616. The number of methoxy groups -OCH3 is 2. The highest BCUT2D eigenvalue weighted by atomic mass is 35.5. The Hall–Kier alpha value is -3.58. The number of carbonyl (C=O) groups excluding carboxylic acids is 1. The van der Waals surface area contributed by atoms with Crippen molar-refractivity contribution in [1.82, 2.24) is 0 Å². The predicted molar refractivity (Wildman–Crippen MR) is 122 cm³/mol. The summed E-state index contributed by atoms with van der Waals surface area (Å²) in [4.78, 5) is 12.6. The summed E-state index contributed by atoms with van der Waals surface area (Å²) in [5.41, 5.74) is 1.81. The minimum absolute atomic E-state index is 0.0423. The molecule has 8 heteroatoms. The van der Waals surface area contributed by atoms with E-state index >= 15 is 0 Å².